The van der Waals surface area contributed by atoms with Gasteiger partial charge in [0.1, 0.15) is 0 Å². The average molecular weight is 234 g/mol. The van der Waals surface area contributed by atoms with Crippen molar-refractivity contribution < 1.29 is 9.59 Å². The molecule has 0 radical (unpaired) electrons. The third kappa shape index (κ3) is 3.66. The van der Waals surface area contributed by atoms with Crippen LogP contribution < -0.4 is 5.32 Å². The summed E-state index contributed by atoms with van der Waals surface area (Å²) in [6.45, 7) is 7.35. The largest absolute Gasteiger partial charge is 0.345 e. The van der Waals surface area contributed by atoms with Crippen molar-refractivity contribution in [3.05, 3.63) is 29.1 Å². The van der Waals surface area contributed by atoms with Crippen LogP contribution in [0.2, 0.25) is 0 Å². The first-order valence-electron chi connectivity index (χ1n) is 5.67. The van der Waals surface area contributed by atoms with Crippen LogP contribution in [-0.2, 0) is 4.79 Å². The van der Waals surface area contributed by atoms with E-state index in [2.05, 4.69) is 10.3 Å². The molecular formula is C13H18N2O2. The Kier molecular flexibility index (Phi) is 4.37. The third-order valence-electron chi connectivity index (χ3n) is 2.54. The number of ketones is 1. The standard InChI is InChI=1S/C13H18N2O2/c1-8(2)12(16)7-14-13(17)11-6-5-9(3)15-10(11)4/h5-6,8H,7H2,1-4H3,(H,14,17). The molecule has 1 heterocycles. The number of nitrogens with one attached hydrogen (secondary N) is 1. The zero-order valence-corrected chi connectivity index (χ0v) is 10.7. The molecule has 1 N–H and O–H groups in total. The Bertz CT molecular complexity index is 439. The van der Waals surface area contributed by atoms with Gasteiger partial charge in [-0.2, -0.15) is 0 Å². The lowest BCUT2D eigenvalue weighted by Crippen LogP contribution is -2.32. The van der Waals surface area contributed by atoms with E-state index in [-0.39, 0.29) is 24.2 Å². The topological polar surface area (TPSA) is 59.1 Å². The molecule has 1 aromatic rings. The number of carbonyl (C=O) groups is 2. The number of Topliss-reactive ketones (excluding diaryl/α,β-unsaturated/α-hetero) is 1. The number of rotatable bonds is 4. The number of hydrogen-bond acceptors (Lipinski definition) is 3. The van der Waals surface area contributed by atoms with Crippen molar-refractivity contribution in [2.75, 3.05) is 6.54 Å². The summed E-state index contributed by atoms with van der Waals surface area (Å²) in [5, 5.41) is 2.61. The molecule has 0 atom stereocenters. The first-order valence-corrected chi connectivity index (χ1v) is 5.67. The third-order valence-corrected chi connectivity index (χ3v) is 2.54. The van der Waals surface area contributed by atoms with Crippen LogP contribution in [-0.4, -0.2) is 23.2 Å². The van der Waals surface area contributed by atoms with E-state index < -0.39 is 0 Å². The maximum Gasteiger partial charge on any atom is 0.253 e. The van der Waals surface area contributed by atoms with E-state index in [1.165, 1.54) is 0 Å². The molecule has 4 heteroatoms. The molecule has 0 fully saturated rings. The molecule has 17 heavy (non-hydrogen) atoms. The van der Waals surface area contributed by atoms with Gasteiger partial charge in [-0.15, -0.1) is 0 Å². The summed E-state index contributed by atoms with van der Waals surface area (Å²) in [4.78, 5) is 27.4. The van der Waals surface area contributed by atoms with Crippen LogP contribution in [0.5, 0.6) is 0 Å². The molecule has 1 amide bonds. The normalized spacial score (nSPS) is 10.4. The van der Waals surface area contributed by atoms with E-state index in [1.54, 1.807) is 19.1 Å². The van der Waals surface area contributed by atoms with Gasteiger partial charge in [0.05, 0.1) is 17.8 Å². The number of aromatic nitrogens is 1. The molecule has 0 unspecified atom stereocenters. The van der Waals surface area contributed by atoms with Crippen LogP contribution in [0.3, 0.4) is 0 Å². The fraction of sp³-hybridized carbons (Fsp3) is 0.462. The quantitative estimate of drug-likeness (QED) is 0.861. The van der Waals surface area contributed by atoms with E-state index in [0.717, 1.165) is 5.69 Å². The van der Waals surface area contributed by atoms with Crippen LogP contribution in [0.4, 0.5) is 0 Å². The summed E-state index contributed by atoms with van der Waals surface area (Å²) in [6.07, 6.45) is 0. The fourth-order valence-electron chi connectivity index (χ4n) is 1.39. The van der Waals surface area contributed by atoms with Crippen molar-refractivity contribution in [2.24, 2.45) is 5.92 Å². The second-order valence-corrected chi connectivity index (χ2v) is 4.39. The summed E-state index contributed by atoms with van der Waals surface area (Å²) >= 11 is 0. The number of amides is 1. The molecule has 0 saturated carbocycles. The first kappa shape index (κ1) is 13.4. The fourth-order valence-corrected chi connectivity index (χ4v) is 1.39. The number of carbonyl (C=O) groups excluding carboxylic acids is 2. The summed E-state index contributed by atoms with van der Waals surface area (Å²) < 4.78 is 0. The lowest BCUT2D eigenvalue weighted by atomic mass is 10.1. The van der Waals surface area contributed by atoms with Gasteiger partial charge in [0.2, 0.25) is 0 Å². The van der Waals surface area contributed by atoms with Crippen molar-refractivity contribution >= 4 is 11.7 Å². The van der Waals surface area contributed by atoms with E-state index in [0.29, 0.717) is 11.3 Å². The van der Waals surface area contributed by atoms with Gasteiger partial charge in [-0.25, -0.2) is 0 Å². The molecule has 1 aromatic heterocycles. The highest BCUT2D eigenvalue weighted by atomic mass is 16.2. The van der Waals surface area contributed by atoms with Crippen LogP contribution in [0, 0.1) is 19.8 Å². The Morgan fingerprint density at radius 1 is 1.29 bits per heavy atom. The highest BCUT2D eigenvalue weighted by Gasteiger charge is 2.12. The van der Waals surface area contributed by atoms with Crippen molar-refractivity contribution in [1.82, 2.24) is 10.3 Å². The van der Waals surface area contributed by atoms with Gasteiger partial charge in [-0.1, -0.05) is 13.8 Å². The highest BCUT2D eigenvalue weighted by Crippen LogP contribution is 2.06. The smallest absolute Gasteiger partial charge is 0.253 e. The van der Waals surface area contributed by atoms with Gasteiger partial charge in [-0.05, 0) is 26.0 Å². The maximum atomic E-state index is 11.8. The Morgan fingerprint density at radius 3 is 2.47 bits per heavy atom. The molecule has 1 rings (SSSR count). The van der Waals surface area contributed by atoms with E-state index in [9.17, 15) is 9.59 Å². The van der Waals surface area contributed by atoms with Gasteiger partial charge in [0.15, 0.2) is 5.78 Å². The molecule has 0 aliphatic carbocycles. The zero-order valence-electron chi connectivity index (χ0n) is 10.7. The summed E-state index contributed by atoms with van der Waals surface area (Å²) in [5.74, 6) is -0.285. The SMILES string of the molecule is Cc1ccc(C(=O)NCC(=O)C(C)C)c(C)n1. The summed E-state index contributed by atoms with van der Waals surface area (Å²) in [5.41, 5.74) is 2.07. The second kappa shape index (κ2) is 5.57. The van der Waals surface area contributed by atoms with Crippen molar-refractivity contribution in [3.63, 3.8) is 0 Å². The van der Waals surface area contributed by atoms with E-state index >= 15 is 0 Å². The molecule has 0 aliphatic heterocycles. The van der Waals surface area contributed by atoms with Gasteiger partial charge in [0.25, 0.3) is 5.91 Å². The van der Waals surface area contributed by atoms with Crippen molar-refractivity contribution in [3.8, 4) is 0 Å². The highest BCUT2D eigenvalue weighted by molar-refractivity contribution is 5.97. The van der Waals surface area contributed by atoms with Crippen LogP contribution >= 0.6 is 0 Å². The molecule has 92 valence electrons. The van der Waals surface area contributed by atoms with Gasteiger partial charge >= 0.3 is 0 Å². The Balaban J connectivity index is 2.68. The van der Waals surface area contributed by atoms with E-state index in [1.807, 2.05) is 20.8 Å². The lowest BCUT2D eigenvalue weighted by Gasteiger charge is -2.08. The molecule has 0 bridgehead atoms. The Labute approximate surface area is 101 Å². The summed E-state index contributed by atoms with van der Waals surface area (Å²) in [6, 6.07) is 3.51. The van der Waals surface area contributed by atoms with E-state index in [4.69, 9.17) is 0 Å². The number of hydrogen-bond donors (Lipinski definition) is 1. The first-order chi connectivity index (χ1) is 7.91. The molecule has 0 saturated heterocycles. The minimum absolute atomic E-state index is 0.0241. The molecule has 0 spiro atoms. The van der Waals surface area contributed by atoms with Gasteiger partial charge in [-0.3, -0.25) is 14.6 Å². The average Bonchev–Trinajstić information content (AvgIpc) is 2.25. The van der Waals surface area contributed by atoms with Crippen LogP contribution in [0.15, 0.2) is 12.1 Å². The summed E-state index contributed by atoms with van der Waals surface area (Å²) in [7, 11) is 0. The number of aryl methyl sites for hydroxylation is 2. The lowest BCUT2D eigenvalue weighted by molar-refractivity contribution is -0.120. The Hall–Kier alpha value is -1.71. The predicted octanol–water partition coefficient (Wildman–Crippen LogP) is 1.65. The minimum atomic E-state index is -0.246. The second-order valence-electron chi connectivity index (χ2n) is 4.39. The monoisotopic (exact) mass is 234 g/mol. The molecule has 0 aliphatic rings. The molecule has 4 nitrogen and oxygen atoms in total. The maximum absolute atomic E-state index is 11.8. The van der Waals surface area contributed by atoms with Crippen LogP contribution in [0.25, 0.3) is 0 Å². The van der Waals surface area contributed by atoms with Crippen molar-refractivity contribution in [1.29, 1.82) is 0 Å². The predicted molar refractivity (Wildman–Crippen MR) is 65.9 cm³/mol. The molecular weight excluding hydrogens is 216 g/mol. The van der Waals surface area contributed by atoms with Crippen molar-refractivity contribution in [2.45, 2.75) is 27.7 Å². The van der Waals surface area contributed by atoms with Crippen LogP contribution in [0.1, 0.15) is 35.6 Å². The Morgan fingerprint density at radius 2 is 1.94 bits per heavy atom. The van der Waals surface area contributed by atoms with Gasteiger partial charge < -0.3 is 5.32 Å². The number of pyridine rings is 1. The zero-order chi connectivity index (χ0) is 13.0. The van der Waals surface area contributed by atoms with Gasteiger partial charge in [0, 0.05) is 11.6 Å². The molecule has 0 aromatic carbocycles. The minimum Gasteiger partial charge on any atom is -0.345 e. The number of nitrogens with zero attached hydrogens (tertiary/aromatic N) is 1.